The molecule has 1 N–H and O–H groups in total. The van der Waals surface area contributed by atoms with Gasteiger partial charge in [0.2, 0.25) is 0 Å². The molecular weight excluding hydrogens is 359 g/mol. The normalized spacial score (nSPS) is 14.1. The van der Waals surface area contributed by atoms with Crippen molar-refractivity contribution in [2.24, 2.45) is 0 Å². The standard InChI is InChI=1S/C21H25FN4O2/c1-2-3-9-24-20(27)16-8-10-23-19(15-16)21(28)26-13-11-25(12-14-26)18-6-4-17(22)5-7-18/h4-8,10,15H,2-3,9,11-14H2,1H3,(H,24,27). The number of unbranched alkanes of at least 4 members (excludes halogenated alkanes) is 1. The van der Waals surface area contributed by atoms with E-state index in [0.717, 1.165) is 18.5 Å². The van der Waals surface area contributed by atoms with E-state index in [2.05, 4.69) is 22.1 Å². The molecule has 1 fully saturated rings. The maximum atomic E-state index is 13.1. The molecular formula is C21H25FN4O2. The lowest BCUT2D eigenvalue weighted by atomic mass is 10.2. The van der Waals surface area contributed by atoms with Crippen molar-refractivity contribution in [1.82, 2.24) is 15.2 Å². The summed E-state index contributed by atoms with van der Waals surface area (Å²) in [4.78, 5) is 33.0. The third-order valence-electron chi connectivity index (χ3n) is 4.82. The number of carbonyl (C=O) groups is 2. The number of benzene rings is 1. The first kappa shape index (κ1) is 19.8. The van der Waals surface area contributed by atoms with E-state index in [1.54, 1.807) is 29.2 Å². The second-order valence-corrected chi connectivity index (χ2v) is 6.79. The number of hydrogen-bond acceptors (Lipinski definition) is 4. The smallest absolute Gasteiger partial charge is 0.272 e. The van der Waals surface area contributed by atoms with Gasteiger partial charge in [-0.1, -0.05) is 13.3 Å². The largest absolute Gasteiger partial charge is 0.368 e. The van der Waals surface area contributed by atoms with Gasteiger partial charge in [0.15, 0.2) is 0 Å². The predicted octanol–water partition coefficient (Wildman–Crippen LogP) is 2.71. The van der Waals surface area contributed by atoms with Crippen LogP contribution in [0.1, 0.15) is 40.6 Å². The van der Waals surface area contributed by atoms with Crippen molar-refractivity contribution < 1.29 is 14.0 Å². The van der Waals surface area contributed by atoms with Gasteiger partial charge in [-0.25, -0.2) is 4.39 Å². The Labute approximate surface area is 164 Å². The minimum absolute atomic E-state index is 0.179. The third-order valence-corrected chi connectivity index (χ3v) is 4.82. The summed E-state index contributed by atoms with van der Waals surface area (Å²) in [6, 6.07) is 9.53. The average Bonchev–Trinajstić information content (AvgIpc) is 2.74. The monoisotopic (exact) mass is 384 g/mol. The fourth-order valence-electron chi connectivity index (χ4n) is 3.15. The molecule has 6 nitrogen and oxygen atoms in total. The van der Waals surface area contributed by atoms with Crippen LogP contribution in [0.2, 0.25) is 0 Å². The van der Waals surface area contributed by atoms with Gasteiger partial charge in [0.1, 0.15) is 11.5 Å². The molecule has 0 radical (unpaired) electrons. The number of anilines is 1. The summed E-state index contributed by atoms with van der Waals surface area (Å²) >= 11 is 0. The summed E-state index contributed by atoms with van der Waals surface area (Å²) in [7, 11) is 0. The Balaban J connectivity index is 1.59. The number of amides is 2. The van der Waals surface area contributed by atoms with Crippen LogP contribution in [0.4, 0.5) is 10.1 Å². The van der Waals surface area contributed by atoms with Crippen molar-refractivity contribution in [3.63, 3.8) is 0 Å². The van der Waals surface area contributed by atoms with E-state index >= 15 is 0 Å². The highest BCUT2D eigenvalue weighted by Gasteiger charge is 2.23. The maximum absolute atomic E-state index is 13.1. The number of halogens is 1. The first-order valence-electron chi connectivity index (χ1n) is 9.62. The Morgan fingerprint density at radius 3 is 2.50 bits per heavy atom. The summed E-state index contributed by atoms with van der Waals surface area (Å²) in [6.07, 6.45) is 3.42. The number of aromatic nitrogens is 1. The van der Waals surface area contributed by atoms with Gasteiger partial charge < -0.3 is 15.1 Å². The second-order valence-electron chi connectivity index (χ2n) is 6.79. The van der Waals surface area contributed by atoms with Gasteiger partial charge in [-0.05, 0) is 42.8 Å². The van der Waals surface area contributed by atoms with Crippen molar-refractivity contribution in [3.8, 4) is 0 Å². The van der Waals surface area contributed by atoms with Crippen molar-refractivity contribution in [2.75, 3.05) is 37.6 Å². The van der Waals surface area contributed by atoms with Crippen molar-refractivity contribution >= 4 is 17.5 Å². The topological polar surface area (TPSA) is 65.5 Å². The quantitative estimate of drug-likeness (QED) is 0.778. The van der Waals surface area contributed by atoms with Crippen LogP contribution in [0, 0.1) is 5.82 Å². The van der Waals surface area contributed by atoms with Gasteiger partial charge in [-0.2, -0.15) is 0 Å². The van der Waals surface area contributed by atoms with Crippen molar-refractivity contribution in [3.05, 3.63) is 59.7 Å². The van der Waals surface area contributed by atoms with Crippen LogP contribution in [0.15, 0.2) is 42.6 Å². The lowest BCUT2D eigenvalue weighted by Crippen LogP contribution is -2.49. The minimum Gasteiger partial charge on any atom is -0.368 e. The Morgan fingerprint density at radius 1 is 1.11 bits per heavy atom. The van der Waals surface area contributed by atoms with E-state index in [4.69, 9.17) is 0 Å². The second kappa shape index (κ2) is 9.30. The van der Waals surface area contributed by atoms with Gasteiger partial charge in [-0.3, -0.25) is 14.6 Å². The molecule has 2 heterocycles. The van der Waals surface area contributed by atoms with Crippen LogP contribution in [-0.2, 0) is 0 Å². The molecule has 0 unspecified atom stereocenters. The molecule has 1 saturated heterocycles. The Morgan fingerprint density at radius 2 is 1.82 bits per heavy atom. The maximum Gasteiger partial charge on any atom is 0.272 e. The van der Waals surface area contributed by atoms with Crippen LogP contribution < -0.4 is 10.2 Å². The Kier molecular flexibility index (Phi) is 6.57. The first-order chi connectivity index (χ1) is 13.6. The summed E-state index contributed by atoms with van der Waals surface area (Å²) in [6.45, 7) is 5.09. The van der Waals surface area contributed by atoms with Crippen LogP contribution in [-0.4, -0.2) is 54.4 Å². The predicted molar refractivity (Wildman–Crippen MR) is 106 cm³/mol. The molecule has 3 rings (SSSR count). The lowest BCUT2D eigenvalue weighted by Gasteiger charge is -2.36. The molecule has 0 spiro atoms. The van der Waals surface area contributed by atoms with Gasteiger partial charge in [0.05, 0.1) is 0 Å². The van der Waals surface area contributed by atoms with E-state index in [1.165, 1.54) is 18.3 Å². The molecule has 28 heavy (non-hydrogen) atoms. The van der Waals surface area contributed by atoms with Crippen LogP contribution >= 0.6 is 0 Å². The zero-order chi connectivity index (χ0) is 19.9. The number of pyridine rings is 1. The van der Waals surface area contributed by atoms with Gasteiger partial charge >= 0.3 is 0 Å². The lowest BCUT2D eigenvalue weighted by molar-refractivity contribution is 0.0741. The molecule has 1 aliphatic rings. The number of carbonyl (C=O) groups excluding carboxylic acids is 2. The highest BCUT2D eigenvalue weighted by molar-refractivity contribution is 5.98. The minimum atomic E-state index is -0.262. The number of rotatable bonds is 6. The summed E-state index contributed by atoms with van der Waals surface area (Å²) in [5, 5.41) is 2.85. The fraction of sp³-hybridized carbons (Fsp3) is 0.381. The van der Waals surface area contributed by atoms with E-state index in [9.17, 15) is 14.0 Å². The summed E-state index contributed by atoms with van der Waals surface area (Å²) in [5.41, 5.74) is 1.66. The highest BCUT2D eigenvalue weighted by atomic mass is 19.1. The van der Waals surface area contributed by atoms with E-state index in [-0.39, 0.29) is 23.3 Å². The van der Waals surface area contributed by atoms with Crippen molar-refractivity contribution in [2.45, 2.75) is 19.8 Å². The van der Waals surface area contributed by atoms with Crippen molar-refractivity contribution in [1.29, 1.82) is 0 Å². The molecule has 0 bridgehead atoms. The van der Waals surface area contributed by atoms with Gasteiger partial charge in [-0.15, -0.1) is 0 Å². The summed E-state index contributed by atoms with van der Waals surface area (Å²) in [5.74, 6) is -0.629. The number of nitrogens with one attached hydrogen (secondary N) is 1. The number of nitrogens with zero attached hydrogens (tertiary/aromatic N) is 3. The molecule has 1 aromatic carbocycles. The van der Waals surface area contributed by atoms with Gasteiger partial charge in [0.25, 0.3) is 11.8 Å². The molecule has 1 aromatic heterocycles. The summed E-state index contributed by atoms with van der Waals surface area (Å²) < 4.78 is 13.1. The first-order valence-corrected chi connectivity index (χ1v) is 9.62. The molecule has 7 heteroatoms. The SMILES string of the molecule is CCCCNC(=O)c1ccnc(C(=O)N2CCN(c3ccc(F)cc3)CC2)c1. The van der Waals surface area contributed by atoms with Crippen LogP contribution in [0.25, 0.3) is 0 Å². The molecule has 0 atom stereocenters. The molecule has 2 aromatic rings. The molecule has 0 saturated carbocycles. The molecule has 1 aliphatic heterocycles. The van der Waals surface area contributed by atoms with E-state index in [0.29, 0.717) is 38.3 Å². The van der Waals surface area contributed by atoms with E-state index in [1.807, 2.05) is 0 Å². The zero-order valence-electron chi connectivity index (χ0n) is 16.0. The molecule has 0 aliphatic carbocycles. The Bertz CT molecular complexity index is 817. The third kappa shape index (κ3) is 4.85. The number of hydrogen-bond donors (Lipinski definition) is 1. The van der Waals surface area contributed by atoms with Gasteiger partial charge in [0, 0.05) is 50.2 Å². The van der Waals surface area contributed by atoms with E-state index < -0.39 is 0 Å². The van der Waals surface area contributed by atoms with Crippen LogP contribution in [0.3, 0.4) is 0 Å². The molecule has 148 valence electrons. The van der Waals surface area contributed by atoms with Crippen LogP contribution in [0.5, 0.6) is 0 Å². The Hall–Kier alpha value is -2.96. The molecule has 2 amide bonds. The highest BCUT2D eigenvalue weighted by Crippen LogP contribution is 2.18. The fourth-order valence-corrected chi connectivity index (χ4v) is 3.15. The zero-order valence-corrected chi connectivity index (χ0v) is 16.0. The number of piperazine rings is 1. The average molecular weight is 384 g/mol.